The van der Waals surface area contributed by atoms with E-state index < -0.39 is 6.10 Å². The van der Waals surface area contributed by atoms with E-state index in [9.17, 15) is 9.18 Å². The summed E-state index contributed by atoms with van der Waals surface area (Å²) in [5, 5.41) is 8.99. The van der Waals surface area contributed by atoms with E-state index in [1.165, 1.54) is 24.3 Å². The minimum atomic E-state index is -0.641. The Morgan fingerprint density at radius 3 is 2.63 bits per heavy atom. The van der Waals surface area contributed by atoms with Gasteiger partial charge in [-0.2, -0.15) is 0 Å². The van der Waals surface area contributed by atoms with Crippen LogP contribution in [0.25, 0.3) is 0 Å². The van der Waals surface area contributed by atoms with E-state index in [4.69, 9.17) is 9.84 Å². The smallest absolute Gasteiger partial charge is 0.263 e. The van der Waals surface area contributed by atoms with Crippen LogP contribution in [0.3, 0.4) is 0 Å². The van der Waals surface area contributed by atoms with Crippen molar-refractivity contribution in [3.05, 3.63) is 30.1 Å². The van der Waals surface area contributed by atoms with E-state index in [2.05, 4.69) is 0 Å². The van der Waals surface area contributed by atoms with Crippen LogP contribution in [0.15, 0.2) is 24.3 Å². The highest BCUT2D eigenvalue weighted by atomic mass is 19.1. The zero-order chi connectivity index (χ0) is 13.8. The van der Waals surface area contributed by atoms with E-state index in [1.807, 2.05) is 0 Å². The molecule has 19 heavy (non-hydrogen) atoms. The van der Waals surface area contributed by atoms with Crippen molar-refractivity contribution >= 4 is 5.91 Å². The third-order valence-corrected chi connectivity index (χ3v) is 3.09. The maximum Gasteiger partial charge on any atom is 0.263 e. The summed E-state index contributed by atoms with van der Waals surface area (Å²) in [4.78, 5) is 13.9. The van der Waals surface area contributed by atoms with Crippen LogP contribution in [0.2, 0.25) is 0 Å². The summed E-state index contributed by atoms with van der Waals surface area (Å²) >= 11 is 0. The first kappa shape index (κ1) is 13.8. The molecule has 1 amide bonds. The van der Waals surface area contributed by atoms with Gasteiger partial charge in [0.2, 0.25) is 0 Å². The van der Waals surface area contributed by atoms with Crippen molar-refractivity contribution in [1.82, 2.24) is 4.90 Å². The van der Waals surface area contributed by atoms with E-state index in [0.717, 1.165) is 12.8 Å². The summed E-state index contributed by atoms with van der Waals surface area (Å²) in [5.41, 5.74) is 0. The molecule has 1 aromatic rings. The van der Waals surface area contributed by atoms with Gasteiger partial charge in [0.15, 0.2) is 6.10 Å². The number of carbonyl (C=O) groups is 1. The standard InChI is InChI=1S/C14H18FNO3/c1-10(19-13-6-2-11(15)3-7-13)14(18)16(8-9-17)12-4-5-12/h2-3,6-7,10,12,17H,4-5,8-9H2,1H3. The second-order valence-electron chi connectivity index (χ2n) is 4.70. The van der Waals surface area contributed by atoms with Crippen molar-refractivity contribution in [2.45, 2.75) is 31.9 Å². The van der Waals surface area contributed by atoms with Gasteiger partial charge in [0.05, 0.1) is 6.61 Å². The Kier molecular flexibility index (Phi) is 4.37. The molecule has 0 aliphatic heterocycles. The number of hydrogen-bond acceptors (Lipinski definition) is 3. The second-order valence-corrected chi connectivity index (χ2v) is 4.70. The number of ether oxygens (including phenoxy) is 1. The molecule has 2 rings (SSSR count). The zero-order valence-corrected chi connectivity index (χ0v) is 10.9. The quantitative estimate of drug-likeness (QED) is 0.851. The Bertz CT molecular complexity index is 431. The molecule has 0 aromatic heterocycles. The third kappa shape index (κ3) is 3.67. The lowest BCUT2D eigenvalue weighted by Crippen LogP contribution is -2.43. The number of benzene rings is 1. The number of halogens is 1. The fraction of sp³-hybridized carbons (Fsp3) is 0.500. The van der Waals surface area contributed by atoms with Gasteiger partial charge >= 0.3 is 0 Å². The molecule has 5 heteroatoms. The largest absolute Gasteiger partial charge is 0.481 e. The molecule has 1 unspecified atom stereocenters. The van der Waals surface area contributed by atoms with Gasteiger partial charge in [-0.25, -0.2) is 4.39 Å². The van der Waals surface area contributed by atoms with Crippen LogP contribution < -0.4 is 4.74 Å². The van der Waals surface area contributed by atoms with Crippen molar-refractivity contribution in [3.63, 3.8) is 0 Å². The van der Waals surface area contributed by atoms with Crippen molar-refractivity contribution < 1.29 is 19.0 Å². The minimum Gasteiger partial charge on any atom is -0.481 e. The fourth-order valence-electron chi connectivity index (χ4n) is 1.97. The Morgan fingerprint density at radius 1 is 1.47 bits per heavy atom. The number of nitrogens with zero attached hydrogens (tertiary/aromatic N) is 1. The van der Waals surface area contributed by atoms with E-state index in [-0.39, 0.29) is 24.4 Å². The zero-order valence-electron chi connectivity index (χ0n) is 10.9. The number of carbonyl (C=O) groups excluding carboxylic acids is 1. The first-order valence-corrected chi connectivity index (χ1v) is 6.45. The highest BCUT2D eigenvalue weighted by Gasteiger charge is 2.34. The van der Waals surface area contributed by atoms with Crippen LogP contribution in [-0.2, 0) is 4.79 Å². The van der Waals surface area contributed by atoms with Gasteiger partial charge in [0.1, 0.15) is 11.6 Å². The van der Waals surface area contributed by atoms with Crippen molar-refractivity contribution in [2.75, 3.05) is 13.2 Å². The van der Waals surface area contributed by atoms with Gasteiger partial charge in [0.25, 0.3) is 5.91 Å². The number of aliphatic hydroxyl groups is 1. The molecule has 104 valence electrons. The molecule has 0 saturated heterocycles. The number of rotatable bonds is 6. The molecule has 1 saturated carbocycles. The Hall–Kier alpha value is -1.62. The molecule has 0 radical (unpaired) electrons. The molecule has 1 atom stereocenters. The predicted molar refractivity (Wildman–Crippen MR) is 68.3 cm³/mol. The summed E-state index contributed by atoms with van der Waals surface area (Å²) in [6.45, 7) is 1.95. The Balaban J connectivity index is 1.95. The van der Waals surface area contributed by atoms with Crippen LogP contribution in [0.1, 0.15) is 19.8 Å². The highest BCUT2D eigenvalue weighted by Crippen LogP contribution is 2.27. The molecule has 1 fully saturated rings. The first-order chi connectivity index (χ1) is 9.11. The van der Waals surface area contributed by atoms with Gasteiger partial charge in [-0.05, 0) is 44.0 Å². The molecular weight excluding hydrogens is 249 g/mol. The molecule has 4 nitrogen and oxygen atoms in total. The third-order valence-electron chi connectivity index (χ3n) is 3.09. The highest BCUT2D eigenvalue weighted by molar-refractivity contribution is 5.81. The molecule has 1 N–H and O–H groups in total. The van der Waals surface area contributed by atoms with Gasteiger partial charge in [-0.15, -0.1) is 0 Å². The van der Waals surface area contributed by atoms with Crippen molar-refractivity contribution in [1.29, 1.82) is 0 Å². The predicted octanol–water partition coefficient (Wildman–Crippen LogP) is 1.58. The van der Waals surface area contributed by atoms with E-state index >= 15 is 0 Å². The summed E-state index contributed by atoms with van der Waals surface area (Å²) in [7, 11) is 0. The summed E-state index contributed by atoms with van der Waals surface area (Å²) < 4.78 is 18.3. The number of hydrogen-bond donors (Lipinski definition) is 1. The average molecular weight is 267 g/mol. The van der Waals surface area contributed by atoms with E-state index in [1.54, 1.807) is 11.8 Å². The molecule has 0 bridgehead atoms. The molecule has 0 heterocycles. The van der Waals surface area contributed by atoms with Gasteiger partial charge < -0.3 is 14.7 Å². The Labute approximate surface area is 111 Å². The summed E-state index contributed by atoms with van der Waals surface area (Å²) in [6.07, 6.45) is 1.32. The van der Waals surface area contributed by atoms with Crippen LogP contribution in [0.5, 0.6) is 5.75 Å². The van der Waals surface area contributed by atoms with Crippen LogP contribution in [0.4, 0.5) is 4.39 Å². The molecule has 1 aliphatic rings. The topological polar surface area (TPSA) is 49.8 Å². The van der Waals surface area contributed by atoms with Crippen LogP contribution in [0, 0.1) is 5.82 Å². The molecule has 1 aliphatic carbocycles. The minimum absolute atomic E-state index is 0.0501. The SMILES string of the molecule is CC(Oc1ccc(F)cc1)C(=O)N(CCO)C1CC1. The number of aliphatic hydroxyl groups excluding tert-OH is 1. The van der Waals surface area contributed by atoms with Gasteiger partial charge in [-0.1, -0.05) is 0 Å². The van der Waals surface area contributed by atoms with Crippen LogP contribution >= 0.6 is 0 Å². The maximum atomic E-state index is 12.8. The lowest BCUT2D eigenvalue weighted by molar-refractivity contribution is -0.139. The molecule has 1 aromatic carbocycles. The van der Waals surface area contributed by atoms with E-state index in [0.29, 0.717) is 12.3 Å². The monoisotopic (exact) mass is 267 g/mol. The van der Waals surface area contributed by atoms with Crippen LogP contribution in [-0.4, -0.2) is 41.2 Å². The summed E-state index contributed by atoms with van der Waals surface area (Å²) in [5.74, 6) is -0.0194. The molecule has 0 spiro atoms. The lowest BCUT2D eigenvalue weighted by Gasteiger charge is -2.25. The van der Waals surface area contributed by atoms with Crippen molar-refractivity contribution in [2.24, 2.45) is 0 Å². The average Bonchev–Trinajstić information content (AvgIpc) is 3.22. The first-order valence-electron chi connectivity index (χ1n) is 6.45. The fourth-order valence-corrected chi connectivity index (χ4v) is 1.97. The number of amides is 1. The van der Waals surface area contributed by atoms with Gasteiger partial charge in [0, 0.05) is 12.6 Å². The second kappa shape index (κ2) is 6.02. The Morgan fingerprint density at radius 2 is 2.11 bits per heavy atom. The summed E-state index contributed by atoms with van der Waals surface area (Å²) in [6, 6.07) is 5.80. The lowest BCUT2D eigenvalue weighted by atomic mass is 10.3. The normalized spacial score (nSPS) is 15.9. The van der Waals surface area contributed by atoms with Crippen molar-refractivity contribution in [3.8, 4) is 5.75 Å². The van der Waals surface area contributed by atoms with Gasteiger partial charge in [-0.3, -0.25) is 4.79 Å². The molecular formula is C14H18FNO3. The maximum absolute atomic E-state index is 12.8.